The highest BCUT2D eigenvalue weighted by molar-refractivity contribution is 7.89. The van der Waals surface area contributed by atoms with Crippen molar-refractivity contribution in [1.82, 2.24) is 9.62 Å². The van der Waals surface area contributed by atoms with Crippen LogP contribution in [0.3, 0.4) is 0 Å². The molecule has 29 heavy (non-hydrogen) atoms. The first-order valence-electron chi connectivity index (χ1n) is 10.3. The van der Waals surface area contributed by atoms with Gasteiger partial charge in [0.05, 0.1) is 36.9 Å². The lowest BCUT2D eigenvalue weighted by Gasteiger charge is -2.31. The van der Waals surface area contributed by atoms with E-state index in [9.17, 15) is 13.2 Å². The van der Waals surface area contributed by atoms with Gasteiger partial charge in [0.1, 0.15) is 0 Å². The highest BCUT2D eigenvalue weighted by Crippen LogP contribution is 2.33. The number of carbonyl (C=O) groups is 1. The summed E-state index contributed by atoms with van der Waals surface area (Å²) in [5.41, 5.74) is 1.17. The highest BCUT2D eigenvalue weighted by atomic mass is 32.2. The summed E-state index contributed by atoms with van der Waals surface area (Å²) in [5.74, 6) is 0.302. The predicted octanol–water partition coefficient (Wildman–Crippen LogP) is 1.07. The first kappa shape index (κ1) is 20.6. The minimum Gasteiger partial charge on any atom is -0.379 e. The Balaban J connectivity index is 1.65. The Bertz CT molecular complexity index is 844. The maximum atomic E-state index is 13.1. The SMILES string of the molecule is C[C@H](NC(=O)c1cc(S(=O)(=O)N2CCOCC2)ccc1N1CCOCC1)C1CC1. The molecule has 4 rings (SSSR count). The van der Waals surface area contributed by atoms with Gasteiger partial charge < -0.3 is 19.7 Å². The van der Waals surface area contributed by atoms with E-state index in [1.165, 1.54) is 10.4 Å². The van der Waals surface area contributed by atoms with E-state index in [0.717, 1.165) is 18.5 Å². The van der Waals surface area contributed by atoms with Gasteiger partial charge in [-0.25, -0.2) is 8.42 Å². The maximum absolute atomic E-state index is 13.1. The third-order valence-electron chi connectivity index (χ3n) is 5.86. The summed E-state index contributed by atoms with van der Waals surface area (Å²) in [6.45, 7) is 5.97. The summed E-state index contributed by atoms with van der Waals surface area (Å²) in [6, 6.07) is 4.98. The molecule has 0 radical (unpaired) electrons. The van der Waals surface area contributed by atoms with Crippen LogP contribution in [0.15, 0.2) is 23.1 Å². The molecule has 1 aromatic carbocycles. The van der Waals surface area contributed by atoms with Gasteiger partial charge in [-0.3, -0.25) is 4.79 Å². The Hall–Kier alpha value is -1.68. The second-order valence-electron chi connectivity index (χ2n) is 7.89. The average molecular weight is 424 g/mol. The van der Waals surface area contributed by atoms with Crippen LogP contribution in [0.4, 0.5) is 5.69 Å². The van der Waals surface area contributed by atoms with E-state index < -0.39 is 10.0 Å². The molecule has 1 saturated carbocycles. The van der Waals surface area contributed by atoms with Crippen molar-refractivity contribution >= 4 is 21.6 Å². The summed E-state index contributed by atoms with van der Waals surface area (Å²) in [7, 11) is -3.67. The van der Waals surface area contributed by atoms with Crippen molar-refractivity contribution in [2.45, 2.75) is 30.7 Å². The van der Waals surface area contributed by atoms with Crippen molar-refractivity contribution in [3.8, 4) is 0 Å². The lowest BCUT2D eigenvalue weighted by molar-refractivity contribution is 0.0730. The molecule has 0 aromatic heterocycles. The Morgan fingerprint density at radius 2 is 1.69 bits per heavy atom. The maximum Gasteiger partial charge on any atom is 0.253 e. The molecule has 3 aliphatic rings. The van der Waals surface area contributed by atoms with Crippen molar-refractivity contribution < 1.29 is 22.7 Å². The third kappa shape index (κ3) is 4.58. The van der Waals surface area contributed by atoms with Crippen molar-refractivity contribution in [3.63, 3.8) is 0 Å². The van der Waals surface area contributed by atoms with E-state index in [2.05, 4.69) is 10.2 Å². The lowest BCUT2D eigenvalue weighted by atomic mass is 10.1. The van der Waals surface area contributed by atoms with E-state index >= 15 is 0 Å². The Labute approximate surface area is 172 Å². The van der Waals surface area contributed by atoms with Crippen LogP contribution in [0.25, 0.3) is 0 Å². The number of rotatable bonds is 6. The van der Waals surface area contributed by atoms with Crippen LogP contribution < -0.4 is 10.2 Å². The van der Waals surface area contributed by atoms with Crippen LogP contribution in [-0.4, -0.2) is 77.3 Å². The molecule has 9 heteroatoms. The second-order valence-corrected chi connectivity index (χ2v) is 9.83. The summed E-state index contributed by atoms with van der Waals surface area (Å²) >= 11 is 0. The number of ether oxygens (including phenoxy) is 2. The molecule has 0 bridgehead atoms. The zero-order valence-electron chi connectivity index (χ0n) is 16.8. The van der Waals surface area contributed by atoms with Gasteiger partial charge in [0.2, 0.25) is 10.0 Å². The molecule has 1 N–H and O–H groups in total. The number of nitrogens with one attached hydrogen (secondary N) is 1. The monoisotopic (exact) mass is 423 g/mol. The topological polar surface area (TPSA) is 88.2 Å². The van der Waals surface area contributed by atoms with Crippen LogP contribution in [0, 0.1) is 5.92 Å². The van der Waals surface area contributed by atoms with Gasteiger partial charge in [0.15, 0.2) is 0 Å². The van der Waals surface area contributed by atoms with Gasteiger partial charge in [-0.1, -0.05) is 0 Å². The minimum atomic E-state index is -3.67. The second kappa shape index (κ2) is 8.59. The lowest BCUT2D eigenvalue weighted by Crippen LogP contribution is -2.41. The van der Waals surface area contributed by atoms with Crippen molar-refractivity contribution in [3.05, 3.63) is 23.8 Å². The third-order valence-corrected chi connectivity index (χ3v) is 7.75. The molecule has 160 valence electrons. The van der Waals surface area contributed by atoms with Crippen molar-refractivity contribution in [2.75, 3.05) is 57.5 Å². The zero-order chi connectivity index (χ0) is 20.4. The Morgan fingerprint density at radius 1 is 1.07 bits per heavy atom. The summed E-state index contributed by atoms with van der Waals surface area (Å²) in [6.07, 6.45) is 2.26. The molecule has 0 unspecified atom stereocenters. The standard InChI is InChI=1S/C20H29N3O5S/c1-15(16-2-3-16)21-20(24)18-14-17(29(25,26)23-8-12-28-13-9-23)4-5-19(18)22-6-10-27-11-7-22/h4-5,14-16H,2-3,6-13H2,1H3,(H,21,24)/t15-/m0/s1. The van der Waals surface area contributed by atoms with Crippen molar-refractivity contribution in [1.29, 1.82) is 0 Å². The average Bonchev–Trinajstić information content (AvgIpc) is 3.60. The number of hydrogen-bond donors (Lipinski definition) is 1. The molecular weight excluding hydrogens is 394 g/mol. The Morgan fingerprint density at radius 3 is 2.31 bits per heavy atom. The molecule has 8 nitrogen and oxygen atoms in total. The van der Waals surface area contributed by atoms with Crippen LogP contribution >= 0.6 is 0 Å². The molecule has 3 fully saturated rings. The summed E-state index contributed by atoms with van der Waals surface area (Å²) < 4.78 is 38.3. The van der Waals surface area contributed by atoms with Gasteiger partial charge in [-0.2, -0.15) is 4.31 Å². The number of benzene rings is 1. The zero-order valence-corrected chi connectivity index (χ0v) is 17.6. The quantitative estimate of drug-likeness (QED) is 0.737. The van der Waals surface area contributed by atoms with E-state index in [-0.39, 0.29) is 16.8 Å². The van der Waals surface area contributed by atoms with Gasteiger partial charge >= 0.3 is 0 Å². The first-order valence-corrected chi connectivity index (χ1v) is 11.8. The van der Waals surface area contributed by atoms with Crippen LogP contribution in [-0.2, 0) is 19.5 Å². The number of sulfonamides is 1. The smallest absolute Gasteiger partial charge is 0.253 e. The van der Waals surface area contributed by atoms with E-state index in [1.807, 2.05) is 6.92 Å². The number of hydrogen-bond acceptors (Lipinski definition) is 6. The molecular formula is C20H29N3O5S. The number of amides is 1. The summed E-state index contributed by atoms with van der Waals surface area (Å²) in [4.78, 5) is 15.4. The molecule has 1 atom stereocenters. The fourth-order valence-electron chi connectivity index (χ4n) is 3.87. The Kier molecular flexibility index (Phi) is 6.10. The molecule has 1 aliphatic carbocycles. The van der Waals surface area contributed by atoms with Crippen LogP contribution in [0.5, 0.6) is 0 Å². The van der Waals surface area contributed by atoms with Gasteiger partial charge in [0.25, 0.3) is 5.91 Å². The predicted molar refractivity (Wildman–Crippen MR) is 109 cm³/mol. The fraction of sp³-hybridized carbons (Fsp3) is 0.650. The molecule has 1 amide bonds. The highest BCUT2D eigenvalue weighted by Gasteiger charge is 2.32. The minimum absolute atomic E-state index is 0.0829. The van der Waals surface area contributed by atoms with Crippen LogP contribution in [0.1, 0.15) is 30.1 Å². The molecule has 1 aromatic rings. The van der Waals surface area contributed by atoms with E-state index in [1.54, 1.807) is 12.1 Å². The van der Waals surface area contributed by atoms with Gasteiger partial charge in [-0.05, 0) is 43.9 Å². The van der Waals surface area contributed by atoms with Crippen LogP contribution in [0.2, 0.25) is 0 Å². The largest absolute Gasteiger partial charge is 0.379 e. The first-order chi connectivity index (χ1) is 14.0. The summed E-state index contributed by atoms with van der Waals surface area (Å²) in [5, 5.41) is 3.07. The molecule has 2 saturated heterocycles. The van der Waals surface area contributed by atoms with Gasteiger partial charge in [0, 0.05) is 37.9 Å². The number of morpholine rings is 2. The molecule has 2 heterocycles. The normalized spacial score (nSPS) is 22.3. The fourth-order valence-corrected chi connectivity index (χ4v) is 5.31. The van der Waals surface area contributed by atoms with Gasteiger partial charge in [-0.15, -0.1) is 0 Å². The number of nitrogens with zero attached hydrogens (tertiary/aromatic N) is 2. The molecule has 0 spiro atoms. The number of anilines is 1. The van der Waals surface area contributed by atoms with Crippen molar-refractivity contribution in [2.24, 2.45) is 5.92 Å². The molecule has 2 aliphatic heterocycles. The number of carbonyl (C=O) groups excluding carboxylic acids is 1. The van der Waals surface area contributed by atoms with E-state index in [0.29, 0.717) is 64.1 Å². The van der Waals surface area contributed by atoms with E-state index in [4.69, 9.17) is 9.47 Å².